The van der Waals surface area contributed by atoms with Crippen LogP contribution in [0, 0.1) is 11.8 Å². The Morgan fingerprint density at radius 3 is 2.08 bits per heavy atom. The maximum Gasteiger partial charge on any atom is 0.0443 e. The third-order valence-corrected chi connectivity index (χ3v) is 3.58. The molecule has 0 spiro atoms. The molecule has 0 saturated heterocycles. The molecule has 0 amide bonds. The largest absolute Gasteiger partial charge is 0.103 e. The zero-order valence-electron chi connectivity index (χ0n) is 9.04. The van der Waals surface area contributed by atoms with Gasteiger partial charge in [0.2, 0.25) is 0 Å². The first-order valence-corrected chi connectivity index (χ1v) is 8.72. The average molecular weight is 182 g/mol. The highest BCUT2D eigenvalue weighted by Gasteiger charge is 2.10. The molecule has 0 nitrogen and oxygen atoms in total. The van der Waals surface area contributed by atoms with Crippen LogP contribution in [0.3, 0.4) is 0 Å². The highest BCUT2D eigenvalue weighted by molar-refractivity contribution is 6.76. The van der Waals surface area contributed by atoms with Gasteiger partial charge in [0.05, 0.1) is 0 Å². The fourth-order valence-electron chi connectivity index (χ4n) is 1.01. The molecule has 0 unspecified atom stereocenters. The maximum atomic E-state index is 3.23. The van der Waals surface area contributed by atoms with Crippen LogP contribution < -0.4 is 0 Å². The predicted molar refractivity (Wildman–Crippen MR) is 60.1 cm³/mol. The Labute approximate surface area is 78.8 Å². The van der Waals surface area contributed by atoms with Crippen LogP contribution >= 0.6 is 0 Å². The number of unbranched alkanes of at least 4 members (excludes halogenated alkanes) is 2. The Bertz CT molecular complexity index is 154. The van der Waals surface area contributed by atoms with Crippen LogP contribution in [-0.2, 0) is 0 Å². The van der Waals surface area contributed by atoms with Gasteiger partial charge in [-0.15, -0.1) is 11.8 Å². The van der Waals surface area contributed by atoms with E-state index in [1.165, 1.54) is 18.9 Å². The summed E-state index contributed by atoms with van der Waals surface area (Å²) in [6.45, 7) is 9.45. The van der Waals surface area contributed by atoms with Gasteiger partial charge in [0.25, 0.3) is 0 Å². The van der Waals surface area contributed by atoms with Crippen LogP contribution in [0.15, 0.2) is 0 Å². The van der Waals surface area contributed by atoms with Gasteiger partial charge in [-0.1, -0.05) is 32.6 Å². The van der Waals surface area contributed by atoms with Gasteiger partial charge in [-0.3, -0.25) is 0 Å². The minimum atomic E-state index is -0.793. The van der Waals surface area contributed by atoms with Crippen LogP contribution in [0.1, 0.15) is 32.6 Å². The van der Waals surface area contributed by atoms with Gasteiger partial charge < -0.3 is 0 Å². The topological polar surface area (TPSA) is 0 Å². The zero-order chi connectivity index (χ0) is 9.45. The molecule has 0 heterocycles. The smallest absolute Gasteiger partial charge is 0.0443 e. The van der Waals surface area contributed by atoms with Crippen LogP contribution in [-0.4, -0.2) is 8.07 Å². The molecule has 0 radical (unpaired) electrons. The van der Waals surface area contributed by atoms with Gasteiger partial charge in [0, 0.05) is 20.9 Å². The molecule has 1 heteroatoms. The van der Waals surface area contributed by atoms with Gasteiger partial charge in [0.15, 0.2) is 0 Å². The first-order chi connectivity index (χ1) is 5.56. The van der Waals surface area contributed by atoms with Crippen LogP contribution in [0.25, 0.3) is 0 Å². The van der Waals surface area contributed by atoms with E-state index in [0.717, 1.165) is 12.8 Å². The fraction of sp³-hybridized carbons (Fsp3) is 0.818. The second-order valence-corrected chi connectivity index (χ2v) is 10.1. The quantitative estimate of drug-likeness (QED) is 0.351. The lowest BCUT2D eigenvalue weighted by Crippen LogP contribution is -2.18. The van der Waals surface area contributed by atoms with Crippen LogP contribution in [0.4, 0.5) is 0 Å². The van der Waals surface area contributed by atoms with Crippen LogP contribution in [0.5, 0.6) is 0 Å². The van der Waals surface area contributed by atoms with Crippen molar-refractivity contribution in [1.82, 2.24) is 0 Å². The van der Waals surface area contributed by atoms with Crippen molar-refractivity contribution in [3.05, 3.63) is 0 Å². The summed E-state index contributed by atoms with van der Waals surface area (Å²) < 4.78 is 0. The van der Waals surface area contributed by atoms with Gasteiger partial charge in [-0.2, -0.15) is 0 Å². The van der Waals surface area contributed by atoms with E-state index in [0.29, 0.717) is 0 Å². The third-order valence-electron chi connectivity index (χ3n) is 1.73. The normalized spacial score (nSPS) is 10.7. The second-order valence-electron chi connectivity index (χ2n) is 4.52. The van der Waals surface area contributed by atoms with Crippen LogP contribution in [0.2, 0.25) is 25.7 Å². The molecule has 0 aliphatic heterocycles. The Hall–Kier alpha value is -0.223. The molecule has 0 aliphatic carbocycles. The van der Waals surface area contributed by atoms with Crippen molar-refractivity contribution in [2.75, 3.05) is 0 Å². The van der Waals surface area contributed by atoms with E-state index in [4.69, 9.17) is 0 Å². The second kappa shape index (κ2) is 6.31. The fourth-order valence-corrected chi connectivity index (χ4v) is 2.25. The predicted octanol–water partition coefficient (Wildman–Crippen LogP) is 3.91. The Balaban J connectivity index is 3.29. The first kappa shape index (κ1) is 11.8. The average Bonchev–Trinajstić information content (AvgIpc) is 1.94. The number of rotatable bonds is 4. The standard InChI is InChI=1S/C11H22Si/c1-5-6-7-8-9-10-11-12(2,3)4/h5-6,9-11H2,1-4H3. The summed E-state index contributed by atoms with van der Waals surface area (Å²) in [6, 6.07) is 1.42. The molecule has 0 atom stereocenters. The van der Waals surface area contributed by atoms with E-state index in [2.05, 4.69) is 38.4 Å². The lowest BCUT2D eigenvalue weighted by atomic mass is 10.3. The molecule has 0 rings (SSSR count). The molecule has 0 fully saturated rings. The molecule has 70 valence electrons. The van der Waals surface area contributed by atoms with Gasteiger partial charge in [-0.25, -0.2) is 0 Å². The van der Waals surface area contributed by atoms with Crippen molar-refractivity contribution in [3.63, 3.8) is 0 Å². The summed E-state index contributed by atoms with van der Waals surface area (Å²) in [7, 11) is -0.793. The van der Waals surface area contributed by atoms with Gasteiger partial charge >= 0.3 is 0 Å². The van der Waals surface area contributed by atoms with Crippen molar-refractivity contribution in [1.29, 1.82) is 0 Å². The van der Waals surface area contributed by atoms with E-state index in [9.17, 15) is 0 Å². The van der Waals surface area contributed by atoms with E-state index in [-0.39, 0.29) is 0 Å². The molecular formula is C11H22Si. The molecule has 0 N–H and O–H groups in total. The third kappa shape index (κ3) is 9.78. The van der Waals surface area contributed by atoms with Crippen molar-refractivity contribution in [2.45, 2.75) is 58.3 Å². The van der Waals surface area contributed by atoms with E-state index >= 15 is 0 Å². The summed E-state index contributed by atoms with van der Waals surface area (Å²) >= 11 is 0. The minimum absolute atomic E-state index is 0.793. The molecule has 0 saturated carbocycles. The summed E-state index contributed by atoms with van der Waals surface area (Å²) in [5.74, 6) is 6.42. The number of hydrogen-bond donors (Lipinski definition) is 0. The molecular weight excluding hydrogens is 160 g/mol. The van der Waals surface area contributed by atoms with Gasteiger partial charge in [0.1, 0.15) is 0 Å². The highest BCUT2D eigenvalue weighted by Crippen LogP contribution is 2.11. The highest BCUT2D eigenvalue weighted by atomic mass is 28.3. The molecule has 0 aromatic heterocycles. The summed E-state index contributed by atoms with van der Waals surface area (Å²) in [6.07, 6.45) is 4.70. The Kier molecular flexibility index (Phi) is 6.19. The molecule has 0 aromatic rings. The maximum absolute atomic E-state index is 3.23. The van der Waals surface area contributed by atoms with Crippen molar-refractivity contribution >= 4 is 8.07 Å². The van der Waals surface area contributed by atoms with E-state index in [1.54, 1.807) is 0 Å². The summed E-state index contributed by atoms with van der Waals surface area (Å²) in [5, 5.41) is 0. The lowest BCUT2D eigenvalue weighted by Gasteiger charge is -2.13. The SMILES string of the molecule is CCCC#CCCC[Si](C)(C)C. The minimum Gasteiger partial charge on any atom is -0.103 e. The Morgan fingerprint density at radius 1 is 1.00 bits per heavy atom. The van der Waals surface area contributed by atoms with E-state index < -0.39 is 8.07 Å². The zero-order valence-corrected chi connectivity index (χ0v) is 10.0. The Morgan fingerprint density at radius 2 is 1.58 bits per heavy atom. The van der Waals surface area contributed by atoms with Crippen molar-refractivity contribution < 1.29 is 0 Å². The first-order valence-electron chi connectivity index (χ1n) is 5.02. The van der Waals surface area contributed by atoms with Crippen molar-refractivity contribution in [2.24, 2.45) is 0 Å². The van der Waals surface area contributed by atoms with E-state index in [1.807, 2.05) is 0 Å². The lowest BCUT2D eigenvalue weighted by molar-refractivity contribution is 0.944. The summed E-state index contributed by atoms with van der Waals surface area (Å²) in [5.41, 5.74) is 0. The van der Waals surface area contributed by atoms with Gasteiger partial charge in [-0.05, 0) is 12.8 Å². The molecule has 0 aromatic carbocycles. The number of hydrogen-bond acceptors (Lipinski definition) is 0. The summed E-state index contributed by atoms with van der Waals surface area (Å²) in [4.78, 5) is 0. The molecule has 12 heavy (non-hydrogen) atoms. The monoisotopic (exact) mass is 182 g/mol. The van der Waals surface area contributed by atoms with Crippen molar-refractivity contribution in [3.8, 4) is 11.8 Å². The molecule has 0 aliphatic rings. The molecule has 0 bridgehead atoms.